The fourth-order valence-corrected chi connectivity index (χ4v) is 9.20. The van der Waals surface area contributed by atoms with Crippen LogP contribution in [0.5, 0.6) is 0 Å². The van der Waals surface area contributed by atoms with E-state index >= 15 is 0 Å². The molecule has 1 heterocycles. The van der Waals surface area contributed by atoms with E-state index in [-0.39, 0.29) is 18.9 Å². The van der Waals surface area contributed by atoms with Crippen LogP contribution in [-0.4, -0.2) is 95.4 Å². The molecular formula is C51H99NO11S. The lowest BCUT2D eigenvalue weighted by atomic mass is 9.99. The van der Waals surface area contributed by atoms with Gasteiger partial charge in [0.25, 0.3) is 0 Å². The van der Waals surface area contributed by atoms with Crippen LogP contribution in [0.1, 0.15) is 251 Å². The minimum absolute atomic E-state index is 0.235. The summed E-state index contributed by atoms with van der Waals surface area (Å²) in [6.07, 6.45) is 39.2. The summed E-state index contributed by atoms with van der Waals surface area (Å²) in [5.74, 6) is -0.235. The van der Waals surface area contributed by atoms with Gasteiger partial charge >= 0.3 is 10.4 Å². The summed E-state index contributed by atoms with van der Waals surface area (Å²) in [4.78, 5) is 13.1. The van der Waals surface area contributed by atoms with Gasteiger partial charge in [-0.25, -0.2) is 4.18 Å². The zero-order chi connectivity index (χ0) is 46.9. The van der Waals surface area contributed by atoms with Gasteiger partial charge in [0.05, 0.1) is 25.4 Å². The highest BCUT2D eigenvalue weighted by atomic mass is 32.3. The molecule has 0 bridgehead atoms. The lowest BCUT2D eigenvalue weighted by Gasteiger charge is -2.41. The number of carbonyl (C=O) groups excluding carboxylic acids is 1. The van der Waals surface area contributed by atoms with Gasteiger partial charge in [-0.3, -0.25) is 9.35 Å². The fourth-order valence-electron chi connectivity index (χ4n) is 8.69. The number of hydrogen-bond donors (Lipinski definition) is 6. The first kappa shape index (κ1) is 60.9. The number of allylic oxidation sites excluding steroid dienone is 2. The maximum absolute atomic E-state index is 13.1. The number of aliphatic hydroxyl groups excluding tert-OH is 4. The average molecular weight is 934 g/mol. The first-order chi connectivity index (χ1) is 31.0. The maximum Gasteiger partial charge on any atom is 0.397 e. The molecule has 0 aromatic carbocycles. The molecule has 6 N–H and O–H groups in total. The Balaban J connectivity index is 2.42. The summed E-state index contributed by atoms with van der Waals surface area (Å²) in [6.45, 7) is 3.47. The first-order valence-corrected chi connectivity index (χ1v) is 27.9. The number of amides is 1. The van der Waals surface area contributed by atoms with Crippen molar-refractivity contribution < 1.29 is 51.8 Å². The zero-order valence-electron chi connectivity index (χ0n) is 40.9. The topological polar surface area (TPSA) is 192 Å². The number of rotatable bonds is 46. The Morgan fingerprint density at radius 1 is 0.609 bits per heavy atom. The Labute approximate surface area is 391 Å². The van der Waals surface area contributed by atoms with Gasteiger partial charge in [-0.15, -0.1) is 0 Å². The van der Waals surface area contributed by atoms with E-state index < -0.39 is 59.9 Å². The van der Waals surface area contributed by atoms with Crippen LogP contribution in [0.15, 0.2) is 12.2 Å². The fraction of sp³-hybridized carbons (Fsp3) is 0.941. The Morgan fingerprint density at radius 3 is 1.41 bits per heavy atom. The van der Waals surface area contributed by atoms with Gasteiger partial charge in [0, 0.05) is 6.42 Å². The van der Waals surface area contributed by atoms with Crippen molar-refractivity contribution in [1.82, 2.24) is 5.32 Å². The molecule has 64 heavy (non-hydrogen) atoms. The molecule has 7 unspecified atom stereocenters. The third-order valence-corrected chi connectivity index (χ3v) is 13.3. The Hall–Kier alpha value is -1.16. The van der Waals surface area contributed by atoms with Crippen LogP contribution in [0, 0.1) is 0 Å². The van der Waals surface area contributed by atoms with Crippen LogP contribution >= 0.6 is 0 Å². The van der Waals surface area contributed by atoms with Crippen LogP contribution in [-0.2, 0) is 28.9 Å². The number of hydrogen-bond acceptors (Lipinski definition) is 10. The molecule has 13 heteroatoms. The molecule has 0 spiro atoms. The molecule has 1 aliphatic heterocycles. The van der Waals surface area contributed by atoms with Crippen LogP contribution in [0.3, 0.4) is 0 Å². The molecule has 0 aromatic rings. The lowest BCUT2D eigenvalue weighted by Crippen LogP contribution is -2.61. The van der Waals surface area contributed by atoms with Gasteiger partial charge in [0.1, 0.15) is 24.4 Å². The second-order valence-corrected chi connectivity index (χ2v) is 19.9. The summed E-state index contributed by atoms with van der Waals surface area (Å²) in [6, 6.07) is -0.860. The van der Waals surface area contributed by atoms with Crippen LogP contribution in [0.4, 0.5) is 0 Å². The smallest absolute Gasteiger partial charge is 0.394 e. The van der Waals surface area contributed by atoms with Crippen LogP contribution in [0.2, 0.25) is 0 Å². The van der Waals surface area contributed by atoms with Gasteiger partial charge in [-0.1, -0.05) is 219 Å². The molecular weight excluding hydrogens is 835 g/mol. The van der Waals surface area contributed by atoms with E-state index in [0.29, 0.717) is 12.8 Å². The summed E-state index contributed by atoms with van der Waals surface area (Å²) in [5, 5.41) is 45.0. The number of carbonyl (C=O) groups is 1. The normalized spacial score (nSPS) is 20.3. The third kappa shape index (κ3) is 34.2. The van der Waals surface area contributed by atoms with E-state index in [4.69, 9.17) is 9.47 Å². The molecule has 1 aliphatic rings. The van der Waals surface area contributed by atoms with Gasteiger partial charge < -0.3 is 35.2 Å². The molecule has 0 saturated carbocycles. The van der Waals surface area contributed by atoms with E-state index in [1.807, 2.05) is 0 Å². The second kappa shape index (κ2) is 42.0. The number of aliphatic hydroxyl groups is 4. The van der Waals surface area contributed by atoms with E-state index in [0.717, 1.165) is 64.2 Å². The highest BCUT2D eigenvalue weighted by molar-refractivity contribution is 7.80. The SMILES string of the molecule is CCCCCCCCCCC/C=C\CCCCCCCC(=O)NC(COC1OC(CO)C(O)C(OS(=O)(=O)O)C1O)C(O)CCCCCCCCCCCCCCCCCCCCC. The van der Waals surface area contributed by atoms with Crippen molar-refractivity contribution >= 4 is 16.3 Å². The average Bonchev–Trinajstić information content (AvgIpc) is 3.27. The molecule has 7 atom stereocenters. The molecule has 1 amide bonds. The Kier molecular flexibility index (Phi) is 39.9. The highest BCUT2D eigenvalue weighted by Gasteiger charge is 2.48. The van der Waals surface area contributed by atoms with E-state index in [1.54, 1.807) is 0 Å². The predicted octanol–water partition coefficient (Wildman–Crippen LogP) is 11.5. The number of ether oxygens (including phenoxy) is 2. The quantitative estimate of drug-likeness (QED) is 0.0193. The second-order valence-electron chi connectivity index (χ2n) is 18.8. The summed E-state index contributed by atoms with van der Waals surface area (Å²) in [5.41, 5.74) is 0. The van der Waals surface area contributed by atoms with Gasteiger partial charge in [0.2, 0.25) is 5.91 Å². The lowest BCUT2D eigenvalue weighted by molar-refractivity contribution is -0.298. The van der Waals surface area contributed by atoms with Crippen molar-refractivity contribution in [3.8, 4) is 0 Å². The molecule has 12 nitrogen and oxygen atoms in total. The summed E-state index contributed by atoms with van der Waals surface area (Å²) < 4.78 is 47.8. The monoisotopic (exact) mass is 934 g/mol. The van der Waals surface area contributed by atoms with Crippen molar-refractivity contribution in [3.05, 3.63) is 12.2 Å². The van der Waals surface area contributed by atoms with Crippen molar-refractivity contribution in [2.45, 2.75) is 294 Å². The minimum atomic E-state index is -5.08. The standard InChI is InChI=1S/C51H99NO11S/c1-3-5-7-9-11-13-15-17-19-21-23-24-26-28-30-32-34-36-38-40-45(54)44(43-61-51-49(57)50(63-64(58,59)60)48(56)46(42-53)62-51)52-47(55)41-39-37-35-33-31-29-27-25-22-20-18-16-14-12-10-8-6-4-2/h25,27,44-46,48-51,53-54,56-57H,3-24,26,28-43H2,1-2H3,(H,52,55)(H,58,59,60)/b27-25-. The minimum Gasteiger partial charge on any atom is -0.394 e. The van der Waals surface area contributed by atoms with Gasteiger partial charge in [0.15, 0.2) is 6.29 Å². The summed E-state index contributed by atoms with van der Waals surface area (Å²) >= 11 is 0. The van der Waals surface area contributed by atoms with Crippen LogP contribution in [0.25, 0.3) is 0 Å². The predicted molar refractivity (Wildman–Crippen MR) is 259 cm³/mol. The van der Waals surface area contributed by atoms with Crippen molar-refractivity contribution in [2.24, 2.45) is 0 Å². The zero-order valence-corrected chi connectivity index (χ0v) is 41.7. The molecule has 1 fully saturated rings. The molecule has 0 aromatic heterocycles. The Morgan fingerprint density at radius 2 is 1.00 bits per heavy atom. The van der Waals surface area contributed by atoms with E-state index in [1.165, 1.54) is 154 Å². The van der Waals surface area contributed by atoms with Crippen LogP contribution < -0.4 is 5.32 Å². The third-order valence-electron chi connectivity index (χ3n) is 12.8. The van der Waals surface area contributed by atoms with E-state index in [9.17, 15) is 38.2 Å². The molecule has 380 valence electrons. The Bertz CT molecular complexity index is 1190. The largest absolute Gasteiger partial charge is 0.397 e. The molecule has 1 rings (SSSR count). The molecule has 0 radical (unpaired) electrons. The highest BCUT2D eigenvalue weighted by Crippen LogP contribution is 2.26. The number of unbranched alkanes of at least 4 members (excludes halogenated alkanes) is 32. The van der Waals surface area contributed by atoms with Crippen molar-refractivity contribution in [3.63, 3.8) is 0 Å². The van der Waals surface area contributed by atoms with E-state index in [2.05, 4.69) is 35.5 Å². The number of nitrogens with one attached hydrogen (secondary N) is 1. The van der Waals surface area contributed by atoms with Gasteiger partial charge in [-0.2, -0.15) is 8.42 Å². The maximum atomic E-state index is 13.1. The summed E-state index contributed by atoms with van der Waals surface area (Å²) in [7, 11) is -5.08. The molecule has 1 saturated heterocycles. The van der Waals surface area contributed by atoms with Crippen molar-refractivity contribution in [1.29, 1.82) is 0 Å². The van der Waals surface area contributed by atoms with Crippen molar-refractivity contribution in [2.75, 3.05) is 13.2 Å². The van der Waals surface area contributed by atoms with Gasteiger partial charge in [-0.05, 0) is 38.5 Å². The first-order valence-electron chi connectivity index (χ1n) is 26.6. The molecule has 0 aliphatic carbocycles.